The first-order chi connectivity index (χ1) is 13.2. The van der Waals surface area contributed by atoms with Gasteiger partial charge in [0.15, 0.2) is 0 Å². The lowest BCUT2D eigenvalue weighted by Gasteiger charge is -2.29. The predicted octanol–water partition coefficient (Wildman–Crippen LogP) is 4.09. The van der Waals surface area contributed by atoms with Crippen molar-refractivity contribution >= 4 is 17.6 Å². The molecule has 0 aliphatic heterocycles. The normalized spacial score (nSPS) is 17.0. The molecule has 0 heterocycles. The van der Waals surface area contributed by atoms with Crippen molar-refractivity contribution in [2.45, 2.75) is 40.0 Å². The Morgan fingerprint density at radius 3 is 2.25 bits per heavy atom. The molecule has 28 heavy (non-hydrogen) atoms. The van der Waals surface area contributed by atoms with Crippen LogP contribution >= 0.6 is 0 Å². The molecule has 1 aliphatic rings. The van der Waals surface area contributed by atoms with Crippen molar-refractivity contribution in [2.75, 3.05) is 13.7 Å². The van der Waals surface area contributed by atoms with Gasteiger partial charge in [0.2, 0.25) is 0 Å². The minimum atomic E-state index is -0.914. The number of allylic oxidation sites excluding steroid dienone is 2. The lowest BCUT2D eigenvalue weighted by molar-refractivity contribution is -0.385. The summed E-state index contributed by atoms with van der Waals surface area (Å²) < 4.78 is 10.4. The number of nitro groups is 1. The summed E-state index contributed by atoms with van der Waals surface area (Å²) >= 11 is 0. The molecule has 1 aliphatic carbocycles. The molecule has 1 aromatic carbocycles. The first kappa shape index (κ1) is 21.3. The molecular formula is C21H25NO6. The highest BCUT2D eigenvalue weighted by Gasteiger charge is 2.40. The Hall–Kier alpha value is -2.96. The van der Waals surface area contributed by atoms with Crippen molar-refractivity contribution in [3.63, 3.8) is 0 Å². The molecule has 1 unspecified atom stereocenters. The summed E-state index contributed by atoms with van der Waals surface area (Å²) in [7, 11) is 1.25. The maximum atomic E-state index is 12.9. The van der Waals surface area contributed by atoms with Crippen molar-refractivity contribution in [3.05, 3.63) is 62.2 Å². The van der Waals surface area contributed by atoms with Gasteiger partial charge in [0.1, 0.15) is 0 Å². The highest BCUT2D eigenvalue weighted by atomic mass is 16.6. The van der Waals surface area contributed by atoms with E-state index in [9.17, 15) is 19.7 Å². The van der Waals surface area contributed by atoms with Crippen molar-refractivity contribution in [2.24, 2.45) is 5.92 Å². The maximum absolute atomic E-state index is 12.9. The Morgan fingerprint density at radius 2 is 1.71 bits per heavy atom. The van der Waals surface area contributed by atoms with E-state index in [4.69, 9.17) is 9.47 Å². The van der Waals surface area contributed by atoms with E-state index in [1.54, 1.807) is 32.0 Å². The van der Waals surface area contributed by atoms with E-state index >= 15 is 0 Å². The smallest absolute Gasteiger partial charge is 0.334 e. The molecule has 7 heteroatoms. The monoisotopic (exact) mass is 387 g/mol. The average molecular weight is 387 g/mol. The SMILES string of the molecule is COC(=O)C1=C(C)CC(C)=C(C(=O)OCC(C)C)C1c1ccccc1[N+](=O)[O-]. The van der Waals surface area contributed by atoms with Gasteiger partial charge in [-0.2, -0.15) is 0 Å². The van der Waals surface area contributed by atoms with Crippen LogP contribution in [0.4, 0.5) is 5.69 Å². The number of para-hydroxylation sites is 1. The molecule has 0 amide bonds. The summed E-state index contributed by atoms with van der Waals surface area (Å²) in [4.78, 5) is 36.6. The molecular weight excluding hydrogens is 362 g/mol. The highest BCUT2D eigenvalue weighted by Crippen LogP contribution is 2.45. The van der Waals surface area contributed by atoms with Gasteiger partial charge in [0, 0.05) is 22.8 Å². The maximum Gasteiger partial charge on any atom is 0.334 e. The fourth-order valence-corrected chi connectivity index (χ4v) is 3.45. The molecule has 1 aromatic rings. The number of hydrogen-bond donors (Lipinski definition) is 0. The van der Waals surface area contributed by atoms with Crippen molar-refractivity contribution < 1.29 is 24.0 Å². The largest absolute Gasteiger partial charge is 0.466 e. The second-order valence-corrected chi connectivity index (χ2v) is 7.30. The Labute approximate surface area is 164 Å². The third kappa shape index (κ3) is 4.30. The Kier molecular flexibility index (Phi) is 6.72. The second kappa shape index (κ2) is 8.82. The van der Waals surface area contributed by atoms with Gasteiger partial charge in [0.25, 0.3) is 5.69 Å². The summed E-state index contributed by atoms with van der Waals surface area (Å²) in [6.45, 7) is 7.60. The van der Waals surface area contributed by atoms with E-state index in [-0.39, 0.29) is 34.9 Å². The number of carbonyl (C=O) groups excluding carboxylic acids is 2. The summed E-state index contributed by atoms with van der Waals surface area (Å²) in [6.07, 6.45) is 0.397. The zero-order chi connectivity index (χ0) is 21.0. The molecule has 2 rings (SSSR count). The molecule has 0 aromatic heterocycles. The van der Waals surface area contributed by atoms with Crippen molar-refractivity contribution in [3.8, 4) is 0 Å². The number of rotatable bonds is 6. The summed E-state index contributed by atoms with van der Waals surface area (Å²) in [5, 5.41) is 11.6. The first-order valence-electron chi connectivity index (χ1n) is 9.07. The van der Waals surface area contributed by atoms with E-state index < -0.39 is 22.8 Å². The topological polar surface area (TPSA) is 95.7 Å². The minimum Gasteiger partial charge on any atom is -0.466 e. The number of esters is 2. The number of ether oxygens (including phenoxy) is 2. The molecule has 0 spiro atoms. The molecule has 150 valence electrons. The zero-order valence-electron chi connectivity index (χ0n) is 16.8. The Bertz CT molecular complexity index is 865. The predicted molar refractivity (Wildman–Crippen MR) is 104 cm³/mol. The van der Waals surface area contributed by atoms with E-state index in [0.29, 0.717) is 12.0 Å². The average Bonchev–Trinajstić information content (AvgIpc) is 2.64. The summed E-state index contributed by atoms with van der Waals surface area (Å²) in [5.74, 6) is -1.96. The van der Waals surface area contributed by atoms with Crippen molar-refractivity contribution in [1.29, 1.82) is 0 Å². The molecule has 0 saturated heterocycles. The number of hydrogen-bond acceptors (Lipinski definition) is 6. The van der Waals surface area contributed by atoms with Crippen LogP contribution in [0.15, 0.2) is 46.6 Å². The standard InChI is InChI=1S/C21H25NO6/c1-12(2)11-28-21(24)18-14(4)10-13(3)17(20(23)27-5)19(18)15-8-6-7-9-16(15)22(25)26/h6-9,12,19H,10-11H2,1-5H3. The number of nitrogens with zero attached hydrogens (tertiary/aromatic N) is 1. The van der Waals surface area contributed by atoms with E-state index in [0.717, 1.165) is 5.57 Å². The molecule has 0 saturated carbocycles. The Morgan fingerprint density at radius 1 is 1.14 bits per heavy atom. The number of carbonyl (C=O) groups is 2. The van der Waals surface area contributed by atoms with Crippen LogP contribution < -0.4 is 0 Å². The molecule has 7 nitrogen and oxygen atoms in total. The van der Waals surface area contributed by atoms with Gasteiger partial charge >= 0.3 is 11.9 Å². The van der Waals surface area contributed by atoms with E-state index in [1.807, 2.05) is 13.8 Å². The molecule has 0 radical (unpaired) electrons. The molecule has 0 bridgehead atoms. The fourth-order valence-electron chi connectivity index (χ4n) is 3.45. The second-order valence-electron chi connectivity index (χ2n) is 7.30. The zero-order valence-corrected chi connectivity index (χ0v) is 16.8. The van der Waals surface area contributed by atoms with Gasteiger partial charge in [-0.25, -0.2) is 9.59 Å². The fraction of sp³-hybridized carbons (Fsp3) is 0.429. The lowest BCUT2D eigenvalue weighted by atomic mass is 9.74. The Balaban J connectivity index is 2.69. The van der Waals surface area contributed by atoms with Crippen LogP contribution in [0.2, 0.25) is 0 Å². The first-order valence-corrected chi connectivity index (χ1v) is 9.07. The van der Waals surface area contributed by atoms with E-state index in [1.165, 1.54) is 13.2 Å². The molecule has 0 N–H and O–H groups in total. The molecule has 1 atom stereocenters. The third-order valence-electron chi connectivity index (χ3n) is 4.64. The number of nitro benzene ring substituents is 1. The molecule has 0 fully saturated rings. The van der Waals surface area contributed by atoms with Gasteiger partial charge < -0.3 is 9.47 Å². The van der Waals surface area contributed by atoms with Crippen molar-refractivity contribution in [1.82, 2.24) is 0 Å². The van der Waals surface area contributed by atoms with Crippen LogP contribution in [0.25, 0.3) is 0 Å². The lowest BCUT2D eigenvalue weighted by Crippen LogP contribution is -2.27. The van der Waals surface area contributed by atoms with Gasteiger partial charge in [0.05, 0.1) is 24.6 Å². The minimum absolute atomic E-state index is 0.135. The van der Waals surface area contributed by atoms with Crippen LogP contribution in [0.3, 0.4) is 0 Å². The third-order valence-corrected chi connectivity index (χ3v) is 4.64. The summed E-state index contributed by atoms with van der Waals surface area (Å²) in [6, 6.07) is 6.12. The summed E-state index contributed by atoms with van der Waals surface area (Å²) in [5.41, 5.74) is 2.06. The van der Waals surface area contributed by atoms with Gasteiger partial charge in [-0.15, -0.1) is 0 Å². The number of methoxy groups -OCH3 is 1. The van der Waals surface area contributed by atoms with Crippen LogP contribution in [0.1, 0.15) is 45.6 Å². The van der Waals surface area contributed by atoms with Gasteiger partial charge in [-0.05, 0) is 26.2 Å². The van der Waals surface area contributed by atoms with Gasteiger partial charge in [-0.1, -0.05) is 43.2 Å². The van der Waals surface area contributed by atoms with Crippen LogP contribution in [-0.4, -0.2) is 30.6 Å². The van der Waals surface area contributed by atoms with Crippen LogP contribution in [0.5, 0.6) is 0 Å². The van der Waals surface area contributed by atoms with Gasteiger partial charge in [-0.3, -0.25) is 10.1 Å². The quantitative estimate of drug-likeness (QED) is 0.414. The van der Waals surface area contributed by atoms with E-state index in [2.05, 4.69) is 0 Å². The highest BCUT2D eigenvalue weighted by molar-refractivity contribution is 6.00. The van der Waals surface area contributed by atoms with Crippen LogP contribution in [-0.2, 0) is 19.1 Å². The number of benzene rings is 1. The van der Waals surface area contributed by atoms with Crippen LogP contribution in [0, 0.1) is 16.0 Å².